The molecule has 1 amide bonds. The first-order chi connectivity index (χ1) is 13.1. The molecule has 0 bridgehead atoms. The fourth-order valence-electron chi connectivity index (χ4n) is 3.89. The van der Waals surface area contributed by atoms with Gasteiger partial charge in [-0.15, -0.1) is 0 Å². The number of Topliss-reactive ketones (excluding diaryl/α,β-unsaturated/α-hetero) is 1. The van der Waals surface area contributed by atoms with Crippen LogP contribution in [0.2, 0.25) is 0 Å². The smallest absolute Gasteiger partial charge is 0.309 e. The molecule has 1 aromatic rings. The van der Waals surface area contributed by atoms with E-state index in [1.807, 2.05) is 0 Å². The van der Waals surface area contributed by atoms with Gasteiger partial charge in [0.2, 0.25) is 0 Å². The van der Waals surface area contributed by atoms with E-state index in [9.17, 15) is 14.4 Å². The Hall–Kier alpha value is -2.61. The summed E-state index contributed by atoms with van der Waals surface area (Å²) in [5, 5.41) is 0. The molecule has 0 spiro atoms. The number of nitrogens with one attached hydrogen (secondary N) is 1. The first-order valence-corrected chi connectivity index (χ1v) is 9.38. The molecule has 1 fully saturated rings. The SMILES string of the molecule is CCOC(=O)C1CC[NH+](CN2C(=O)C(=O)c3cc4c(cc32)OCCO4)CC1. The van der Waals surface area contributed by atoms with Gasteiger partial charge in [-0.05, 0) is 13.0 Å². The predicted molar refractivity (Wildman–Crippen MR) is 94.2 cm³/mol. The van der Waals surface area contributed by atoms with Crippen molar-refractivity contribution in [2.75, 3.05) is 44.5 Å². The average Bonchev–Trinajstić information content (AvgIpc) is 2.91. The summed E-state index contributed by atoms with van der Waals surface area (Å²) in [7, 11) is 0. The zero-order valence-corrected chi connectivity index (χ0v) is 15.3. The van der Waals surface area contributed by atoms with Crippen molar-refractivity contribution in [2.45, 2.75) is 19.8 Å². The first-order valence-electron chi connectivity index (χ1n) is 9.38. The summed E-state index contributed by atoms with van der Waals surface area (Å²) < 4.78 is 16.2. The van der Waals surface area contributed by atoms with Crippen LogP contribution in [0.4, 0.5) is 5.69 Å². The summed E-state index contributed by atoms with van der Waals surface area (Å²) in [6.07, 6.45) is 1.44. The van der Waals surface area contributed by atoms with Crippen LogP contribution in [-0.4, -0.2) is 57.2 Å². The summed E-state index contributed by atoms with van der Waals surface area (Å²) in [6.45, 7) is 4.97. The largest absolute Gasteiger partial charge is 0.486 e. The van der Waals surface area contributed by atoms with Crippen LogP contribution in [0.3, 0.4) is 0 Å². The van der Waals surface area contributed by atoms with E-state index in [4.69, 9.17) is 14.2 Å². The van der Waals surface area contributed by atoms with Crippen LogP contribution in [0.5, 0.6) is 11.5 Å². The summed E-state index contributed by atoms with van der Waals surface area (Å²) in [5.74, 6) is -0.183. The Morgan fingerprint density at radius 3 is 2.52 bits per heavy atom. The Morgan fingerprint density at radius 1 is 1.19 bits per heavy atom. The first kappa shape index (κ1) is 17.8. The molecular weight excluding hydrogens is 352 g/mol. The van der Waals surface area contributed by atoms with E-state index >= 15 is 0 Å². The number of fused-ring (bicyclic) bond motifs is 2. The van der Waals surface area contributed by atoms with Gasteiger partial charge in [-0.2, -0.15) is 0 Å². The van der Waals surface area contributed by atoms with E-state index in [1.165, 1.54) is 9.80 Å². The molecule has 0 radical (unpaired) electrons. The molecule has 144 valence electrons. The van der Waals surface area contributed by atoms with Gasteiger partial charge in [0.15, 0.2) is 18.2 Å². The number of esters is 1. The summed E-state index contributed by atoms with van der Waals surface area (Å²) in [4.78, 5) is 39.5. The quantitative estimate of drug-likeness (QED) is 0.580. The Balaban J connectivity index is 1.47. The molecule has 4 rings (SSSR count). The van der Waals surface area contributed by atoms with E-state index in [0.717, 1.165) is 25.9 Å². The number of quaternary nitrogens is 1. The number of carbonyl (C=O) groups excluding carboxylic acids is 3. The van der Waals surface area contributed by atoms with Crippen molar-refractivity contribution in [3.8, 4) is 11.5 Å². The Kier molecular flexibility index (Phi) is 4.73. The van der Waals surface area contributed by atoms with Gasteiger partial charge < -0.3 is 19.1 Å². The van der Waals surface area contributed by atoms with Crippen LogP contribution in [-0.2, 0) is 14.3 Å². The number of benzene rings is 1. The van der Waals surface area contributed by atoms with Crippen LogP contribution in [0.25, 0.3) is 0 Å². The Morgan fingerprint density at radius 2 is 1.85 bits per heavy atom. The van der Waals surface area contributed by atoms with Crippen LogP contribution >= 0.6 is 0 Å². The van der Waals surface area contributed by atoms with Crippen molar-refractivity contribution >= 4 is 23.3 Å². The predicted octanol–water partition coefficient (Wildman–Crippen LogP) is -0.197. The number of ether oxygens (including phenoxy) is 3. The fourth-order valence-corrected chi connectivity index (χ4v) is 3.89. The highest BCUT2D eigenvalue weighted by Crippen LogP contribution is 2.40. The number of carbonyl (C=O) groups is 3. The lowest BCUT2D eigenvalue weighted by Gasteiger charge is -2.31. The molecule has 3 heterocycles. The van der Waals surface area contributed by atoms with E-state index in [2.05, 4.69) is 0 Å². The molecule has 0 aromatic heterocycles. The molecule has 3 aliphatic heterocycles. The van der Waals surface area contributed by atoms with Crippen molar-refractivity contribution < 1.29 is 33.5 Å². The second-order valence-electron chi connectivity index (χ2n) is 7.01. The number of hydrogen-bond acceptors (Lipinski definition) is 6. The minimum absolute atomic E-state index is 0.0746. The second kappa shape index (κ2) is 7.19. The highest BCUT2D eigenvalue weighted by Gasteiger charge is 2.40. The molecular formula is C19H23N2O6+. The molecule has 1 saturated heterocycles. The van der Waals surface area contributed by atoms with Crippen molar-refractivity contribution in [1.29, 1.82) is 0 Å². The molecule has 27 heavy (non-hydrogen) atoms. The lowest BCUT2D eigenvalue weighted by Crippen LogP contribution is -3.14. The van der Waals surface area contributed by atoms with Gasteiger partial charge in [0, 0.05) is 18.9 Å². The number of piperidine rings is 1. The van der Waals surface area contributed by atoms with Gasteiger partial charge in [0.25, 0.3) is 5.78 Å². The molecule has 1 aromatic carbocycles. The monoisotopic (exact) mass is 375 g/mol. The van der Waals surface area contributed by atoms with Crippen molar-refractivity contribution in [3.63, 3.8) is 0 Å². The van der Waals surface area contributed by atoms with E-state index in [0.29, 0.717) is 49.2 Å². The number of rotatable bonds is 4. The second-order valence-corrected chi connectivity index (χ2v) is 7.01. The van der Waals surface area contributed by atoms with E-state index in [-0.39, 0.29) is 11.9 Å². The zero-order chi connectivity index (χ0) is 19.0. The highest BCUT2D eigenvalue weighted by atomic mass is 16.6. The number of likely N-dealkylation sites (tertiary alicyclic amines) is 1. The fraction of sp³-hybridized carbons (Fsp3) is 0.526. The van der Waals surface area contributed by atoms with E-state index < -0.39 is 11.7 Å². The number of anilines is 1. The highest BCUT2D eigenvalue weighted by molar-refractivity contribution is 6.52. The van der Waals surface area contributed by atoms with Crippen LogP contribution < -0.4 is 19.3 Å². The van der Waals surface area contributed by atoms with Gasteiger partial charge >= 0.3 is 11.9 Å². The van der Waals surface area contributed by atoms with Crippen molar-refractivity contribution in [1.82, 2.24) is 0 Å². The summed E-state index contributed by atoms with van der Waals surface area (Å²) in [6, 6.07) is 3.32. The summed E-state index contributed by atoms with van der Waals surface area (Å²) in [5.41, 5.74) is 0.944. The van der Waals surface area contributed by atoms with E-state index in [1.54, 1.807) is 19.1 Å². The number of nitrogens with zero attached hydrogens (tertiary/aromatic N) is 1. The molecule has 0 saturated carbocycles. The number of hydrogen-bond donors (Lipinski definition) is 1. The minimum atomic E-state index is -0.521. The zero-order valence-electron chi connectivity index (χ0n) is 15.3. The van der Waals surface area contributed by atoms with Crippen molar-refractivity contribution in [2.24, 2.45) is 5.92 Å². The molecule has 0 aliphatic carbocycles. The van der Waals surface area contributed by atoms with Gasteiger partial charge in [-0.3, -0.25) is 19.3 Å². The maximum absolute atomic E-state index is 12.5. The maximum atomic E-state index is 12.5. The molecule has 0 atom stereocenters. The summed E-state index contributed by atoms with van der Waals surface area (Å²) >= 11 is 0. The standard InChI is InChI=1S/C19H22N2O6/c1-2-25-19(24)12-3-5-20(6-4-12)11-21-14-10-16-15(26-7-8-27-16)9-13(14)17(22)18(21)23/h9-10,12H,2-8,11H2,1H3/p+1. The van der Waals surface area contributed by atoms with Crippen LogP contribution in [0.1, 0.15) is 30.1 Å². The number of ketones is 1. The molecule has 0 unspecified atom stereocenters. The Labute approximate surface area is 157 Å². The Bertz CT molecular complexity index is 785. The molecule has 8 nitrogen and oxygen atoms in total. The minimum Gasteiger partial charge on any atom is -0.486 e. The van der Waals surface area contributed by atoms with Crippen LogP contribution in [0, 0.1) is 5.92 Å². The molecule has 8 heteroatoms. The van der Waals surface area contributed by atoms with Gasteiger partial charge in [-0.1, -0.05) is 0 Å². The maximum Gasteiger partial charge on any atom is 0.309 e. The third-order valence-electron chi connectivity index (χ3n) is 5.33. The third-order valence-corrected chi connectivity index (χ3v) is 5.33. The van der Waals surface area contributed by atoms with Gasteiger partial charge in [0.1, 0.15) is 13.2 Å². The molecule has 1 N–H and O–H groups in total. The molecule has 3 aliphatic rings. The lowest BCUT2D eigenvalue weighted by atomic mass is 9.97. The number of amides is 1. The van der Waals surface area contributed by atoms with Gasteiger partial charge in [-0.25, -0.2) is 0 Å². The van der Waals surface area contributed by atoms with Crippen LogP contribution in [0.15, 0.2) is 12.1 Å². The average molecular weight is 375 g/mol. The van der Waals surface area contributed by atoms with Gasteiger partial charge in [0.05, 0.1) is 36.9 Å². The lowest BCUT2D eigenvalue weighted by molar-refractivity contribution is -0.904. The third kappa shape index (κ3) is 3.25. The normalized spacial score (nSPS) is 24.0. The van der Waals surface area contributed by atoms with Crippen molar-refractivity contribution in [3.05, 3.63) is 17.7 Å². The topological polar surface area (TPSA) is 86.6 Å².